The first-order valence-electron chi connectivity index (χ1n) is 14.9. The van der Waals surface area contributed by atoms with E-state index in [1.165, 1.54) is 0 Å². The molecule has 0 aliphatic carbocycles. The minimum atomic E-state index is -2.01. The number of halogens is 1. The lowest BCUT2D eigenvalue weighted by Gasteiger charge is -2.37. The smallest absolute Gasteiger partial charge is 0.359 e. The van der Waals surface area contributed by atoms with Crippen molar-refractivity contribution in [2.75, 3.05) is 26.9 Å². The Morgan fingerprint density at radius 1 is 1.19 bits per heavy atom. The molecule has 0 bridgehead atoms. The standard InChI is InChI=1S/C31H42BrN5O5Si/c1-9-40-30(38)28-22-14-20(27-21-16-25(32)33-17-23(21)37(34-27)26-12-10-11-13-41-26)15-24(39-6)29(22)36(35-28)19(2)18-42-43(7,8)31(3,4)5/h14-17,19,26H,9-13,18H2,1-8H3/t19-,26?/m0/s1. The van der Waals surface area contributed by atoms with Gasteiger partial charge in [-0.2, -0.15) is 10.2 Å². The highest BCUT2D eigenvalue weighted by atomic mass is 79.9. The second-order valence-electron chi connectivity index (χ2n) is 12.6. The number of rotatable bonds is 9. The van der Waals surface area contributed by atoms with Crippen molar-refractivity contribution < 1.29 is 23.4 Å². The van der Waals surface area contributed by atoms with Crippen LogP contribution in [0.3, 0.4) is 0 Å². The summed E-state index contributed by atoms with van der Waals surface area (Å²) < 4.78 is 28.5. The molecule has 0 N–H and O–H groups in total. The molecule has 2 atom stereocenters. The van der Waals surface area contributed by atoms with Crippen LogP contribution >= 0.6 is 15.9 Å². The van der Waals surface area contributed by atoms with Crippen molar-refractivity contribution in [2.24, 2.45) is 0 Å². The van der Waals surface area contributed by atoms with Gasteiger partial charge in [0.1, 0.15) is 21.6 Å². The van der Waals surface area contributed by atoms with E-state index in [-0.39, 0.29) is 29.6 Å². The van der Waals surface area contributed by atoms with Crippen LogP contribution in [0, 0.1) is 0 Å². The van der Waals surface area contributed by atoms with E-state index in [1.807, 2.05) is 40.7 Å². The molecule has 4 aromatic rings. The molecule has 10 nitrogen and oxygen atoms in total. The van der Waals surface area contributed by atoms with Crippen LogP contribution < -0.4 is 4.74 Å². The van der Waals surface area contributed by atoms with E-state index in [0.29, 0.717) is 34.5 Å². The molecule has 43 heavy (non-hydrogen) atoms. The highest BCUT2D eigenvalue weighted by Crippen LogP contribution is 2.41. The molecular formula is C31H42BrN5O5Si. The molecule has 3 aromatic heterocycles. The molecule has 1 saturated heterocycles. The Kier molecular flexibility index (Phi) is 9.04. The van der Waals surface area contributed by atoms with Gasteiger partial charge in [0.2, 0.25) is 0 Å². The van der Waals surface area contributed by atoms with Gasteiger partial charge in [0, 0.05) is 22.9 Å². The normalized spacial score (nSPS) is 17.0. The van der Waals surface area contributed by atoms with Crippen molar-refractivity contribution in [1.29, 1.82) is 0 Å². The monoisotopic (exact) mass is 671 g/mol. The molecule has 12 heteroatoms. The molecule has 0 spiro atoms. The van der Waals surface area contributed by atoms with Gasteiger partial charge >= 0.3 is 5.97 Å². The molecule has 4 heterocycles. The molecule has 1 aliphatic rings. The highest BCUT2D eigenvalue weighted by molar-refractivity contribution is 9.10. The average molecular weight is 673 g/mol. The lowest BCUT2D eigenvalue weighted by molar-refractivity contribution is -0.0365. The average Bonchev–Trinajstić information content (AvgIpc) is 3.54. The number of ether oxygens (including phenoxy) is 3. The topological polar surface area (TPSA) is 103 Å². The zero-order valence-corrected chi connectivity index (χ0v) is 28.9. The first-order valence-corrected chi connectivity index (χ1v) is 18.6. The number of carbonyl (C=O) groups is 1. The SMILES string of the molecule is CCOC(=O)c1nn([C@@H](C)CO[Si](C)(C)C(C)(C)C)c2c(OC)cc(-c3nn(C4CCCCO4)c4cnc(Br)cc34)cc12. The molecular weight excluding hydrogens is 630 g/mol. The summed E-state index contributed by atoms with van der Waals surface area (Å²) in [5.41, 5.74) is 3.35. The quantitative estimate of drug-likeness (QED) is 0.101. The largest absolute Gasteiger partial charge is 0.494 e. The zero-order valence-electron chi connectivity index (χ0n) is 26.4. The minimum absolute atomic E-state index is 0.0704. The van der Waals surface area contributed by atoms with Gasteiger partial charge in [-0.05, 0) is 85.4 Å². The van der Waals surface area contributed by atoms with E-state index in [9.17, 15) is 4.79 Å². The molecule has 232 valence electrons. The summed E-state index contributed by atoms with van der Waals surface area (Å²) in [6, 6.07) is 5.71. The summed E-state index contributed by atoms with van der Waals surface area (Å²) in [5.74, 6) is 0.0976. The number of fused-ring (bicyclic) bond motifs is 2. The number of benzene rings is 1. The lowest BCUT2D eigenvalue weighted by Crippen LogP contribution is -2.42. The van der Waals surface area contributed by atoms with Gasteiger partial charge in [-0.25, -0.2) is 14.5 Å². The number of hydrogen-bond donors (Lipinski definition) is 0. The maximum atomic E-state index is 13.2. The van der Waals surface area contributed by atoms with Gasteiger partial charge < -0.3 is 18.6 Å². The second kappa shape index (κ2) is 12.3. The third-order valence-electron chi connectivity index (χ3n) is 8.63. The van der Waals surface area contributed by atoms with Crippen LogP contribution in [0.2, 0.25) is 18.1 Å². The van der Waals surface area contributed by atoms with Gasteiger partial charge in [0.25, 0.3) is 0 Å². The van der Waals surface area contributed by atoms with Crippen molar-refractivity contribution in [3.63, 3.8) is 0 Å². The van der Waals surface area contributed by atoms with Crippen molar-refractivity contribution in [3.05, 3.63) is 34.7 Å². The van der Waals surface area contributed by atoms with E-state index >= 15 is 0 Å². The van der Waals surface area contributed by atoms with Gasteiger partial charge in [-0.3, -0.25) is 4.68 Å². The van der Waals surface area contributed by atoms with Crippen LogP contribution in [0.15, 0.2) is 29.0 Å². The molecule has 1 fully saturated rings. The third kappa shape index (κ3) is 6.11. The van der Waals surface area contributed by atoms with E-state index in [1.54, 1.807) is 14.0 Å². The summed E-state index contributed by atoms with van der Waals surface area (Å²) >= 11 is 3.53. The number of pyridine rings is 1. The predicted octanol–water partition coefficient (Wildman–Crippen LogP) is 7.68. The molecule has 1 aromatic carbocycles. The number of hydrogen-bond acceptors (Lipinski definition) is 8. The van der Waals surface area contributed by atoms with E-state index in [0.717, 1.165) is 41.4 Å². The Bertz CT molecular complexity index is 1640. The van der Waals surface area contributed by atoms with Gasteiger partial charge in [0.05, 0.1) is 38.1 Å². The third-order valence-corrected chi connectivity index (χ3v) is 13.6. The Labute approximate surface area is 262 Å². The summed E-state index contributed by atoms with van der Waals surface area (Å²) in [6.07, 6.45) is 4.64. The van der Waals surface area contributed by atoms with Crippen molar-refractivity contribution in [1.82, 2.24) is 24.5 Å². The molecule has 1 aliphatic heterocycles. The predicted molar refractivity (Wildman–Crippen MR) is 173 cm³/mol. The van der Waals surface area contributed by atoms with Crippen molar-refractivity contribution >= 4 is 52.0 Å². The van der Waals surface area contributed by atoms with E-state index in [4.69, 9.17) is 28.8 Å². The van der Waals surface area contributed by atoms with Crippen LogP contribution in [0.1, 0.15) is 76.6 Å². The fourth-order valence-corrected chi connectivity index (χ4v) is 6.60. The number of nitrogens with zero attached hydrogens (tertiary/aromatic N) is 5. The maximum absolute atomic E-state index is 13.2. The first kappa shape index (κ1) is 31.6. The van der Waals surface area contributed by atoms with E-state index < -0.39 is 14.3 Å². The molecule has 0 amide bonds. The van der Waals surface area contributed by atoms with Crippen LogP contribution in [-0.2, 0) is 13.9 Å². The number of carbonyl (C=O) groups excluding carboxylic acids is 1. The van der Waals surface area contributed by atoms with Crippen LogP contribution in [0.25, 0.3) is 33.1 Å². The van der Waals surface area contributed by atoms with Crippen LogP contribution in [0.4, 0.5) is 0 Å². The Morgan fingerprint density at radius 3 is 2.60 bits per heavy atom. The Balaban J connectivity index is 1.67. The number of aromatic nitrogens is 5. The van der Waals surface area contributed by atoms with E-state index in [2.05, 4.69) is 54.8 Å². The zero-order chi connectivity index (χ0) is 31.1. The second-order valence-corrected chi connectivity index (χ2v) is 18.3. The summed E-state index contributed by atoms with van der Waals surface area (Å²) in [7, 11) is -0.379. The highest BCUT2D eigenvalue weighted by Gasteiger charge is 2.38. The fourth-order valence-electron chi connectivity index (χ4n) is 5.17. The maximum Gasteiger partial charge on any atom is 0.359 e. The van der Waals surface area contributed by atoms with Gasteiger partial charge in [-0.1, -0.05) is 20.8 Å². The summed E-state index contributed by atoms with van der Waals surface area (Å²) in [6.45, 7) is 16.3. The minimum Gasteiger partial charge on any atom is -0.494 e. The Morgan fingerprint density at radius 2 is 1.95 bits per heavy atom. The van der Waals surface area contributed by atoms with Gasteiger partial charge in [0.15, 0.2) is 20.2 Å². The van der Waals surface area contributed by atoms with Crippen molar-refractivity contribution in [3.8, 4) is 17.0 Å². The molecule has 5 rings (SSSR count). The molecule has 0 radical (unpaired) electrons. The van der Waals surface area contributed by atoms with Crippen LogP contribution in [0.5, 0.6) is 5.75 Å². The first-order chi connectivity index (χ1) is 20.4. The number of esters is 1. The summed E-state index contributed by atoms with van der Waals surface area (Å²) in [4.78, 5) is 17.7. The molecule has 0 saturated carbocycles. The van der Waals surface area contributed by atoms with Crippen LogP contribution in [-0.4, -0.2) is 65.8 Å². The number of methoxy groups -OCH3 is 1. The van der Waals surface area contributed by atoms with Crippen molar-refractivity contribution in [2.45, 2.75) is 84.3 Å². The Hall–Kier alpha value is -2.80. The molecule has 1 unspecified atom stereocenters. The fraction of sp³-hybridized carbons (Fsp3) is 0.548. The lowest BCUT2D eigenvalue weighted by atomic mass is 10.0. The van der Waals surface area contributed by atoms with Gasteiger partial charge in [-0.15, -0.1) is 0 Å². The summed E-state index contributed by atoms with van der Waals surface area (Å²) in [5, 5.41) is 11.5.